The smallest absolute Gasteiger partial charge is 0.326 e. The van der Waals surface area contributed by atoms with Gasteiger partial charge in [0, 0.05) is 17.5 Å². The molecule has 1 aromatic carbocycles. The molecule has 1 N–H and O–H groups in total. The average molecular weight is 279 g/mol. The van der Waals surface area contributed by atoms with E-state index in [1.807, 2.05) is 0 Å². The van der Waals surface area contributed by atoms with Crippen LogP contribution in [0.1, 0.15) is 12.5 Å². The zero-order valence-electron chi connectivity index (χ0n) is 9.80. The number of rotatable bonds is 3. The van der Waals surface area contributed by atoms with Crippen LogP contribution in [0.2, 0.25) is 0 Å². The van der Waals surface area contributed by atoms with E-state index >= 15 is 0 Å². The van der Waals surface area contributed by atoms with Gasteiger partial charge in [0.25, 0.3) is 0 Å². The van der Waals surface area contributed by atoms with E-state index in [9.17, 15) is 22.2 Å². The van der Waals surface area contributed by atoms with Crippen molar-refractivity contribution in [2.45, 2.75) is 24.9 Å². The summed E-state index contributed by atoms with van der Waals surface area (Å²) >= 11 is 0. The summed E-state index contributed by atoms with van der Waals surface area (Å²) in [5, 5.41) is 2.44. The van der Waals surface area contributed by atoms with Gasteiger partial charge in [-0.1, -0.05) is 6.07 Å². The molecule has 0 saturated heterocycles. The van der Waals surface area contributed by atoms with Gasteiger partial charge in [0.15, 0.2) is 0 Å². The molecule has 18 heavy (non-hydrogen) atoms. The number of benzene rings is 1. The third-order valence-electron chi connectivity index (χ3n) is 2.05. The van der Waals surface area contributed by atoms with Gasteiger partial charge in [0.05, 0.1) is 10.8 Å². The fraction of sp³-hybridized carbons (Fsp3) is 0.364. The van der Waals surface area contributed by atoms with E-state index in [-0.39, 0.29) is 10.8 Å². The van der Waals surface area contributed by atoms with Crippen molar-refractivity contribution in [3.63, 3.8) is 0 Å². The van der Waals surface area contributed by atoms with Gasteiger partial charge in [0.2, 0.25) is 5.91 Å². The minimum atomic E-state index is -4.48. The topological polar surface area (TPSA) is 46.2 Å². The number of alkyl halides is 3. The van der Waals surface area contributed by atoms with Crippen molar-refractivity contribution in [3.05, 3.63) is 23.8 Å². The van der Waals surface area contributed by atoms with Crippen molar-refractivity contribution in [2.24, 2.45) is 0 Å². The molecule has 1 rings (SSSR count). The first-order valence-corrected chi connectivity index (χ1v) is 6.34. The number of halogens is 3. The number of nitrogens with one attached hydrogen (secondary N) is 1. The summed E-state index contributed by atoms with van der Waals surface area (Å²) in [4.78, 5) is 10.9. The van der Waals surface area contributed by atoms with Gasteiger partial charge in [-0.2, -0.15) is 13.2 Å². The number of anilines is 1. The molecule has 1 unspecified atom stereocenters. The van der Waals surface area contributed by atoms with Crippen LogP contribution in [0.5, 0.6) is 0 Å². The van der Waals surface area contributed by atoms with E-state index in [0.717, 1.165) is 0 Å². The van der Waals surface area contributed by atoms with Crippen molar-refractivity contribution >= 4 is 22.4 Å². The summed E-state index contributed by atoms with van der Waals surface area (Å²) in [6.07, 6.45) is -4.48. The normalized spacial score (nSPS) is 13.2. The quantitative estimate of drug-likeness (QED) is 0.924. The Bertz CT molecular complexity index is 486. The molecule has 1 atom stereocenters. The summed E-state index contributed by atoms with van der Waals surface area (Å²) in [5.74, 6) is -1.73. The summed E-state index contributed by atoms with van der Waals surface area (Å²) in [6.45, 7) is 2.85. The Hall–Kier alpha value is -1.37. The van der Waals surface area contributed by atoms with Crippen molar-refractivity contribution < 1.29 is 22.2 Å². The second-order valence-corrected chi connectivity index (χ2v) is 5.19. The lowest BCUT2D eigenvalue weighted by atomic mass is 10.2. The van der Waals surface area contributed by atoms with Crippen LogP contribution in [-0.4, -0.2) is 22.0 Å². The largest absolute Gasteiger partial charge is 0.400 e. The van der Waals surface area contributed by atoms with Crippen LogP contribution in [0.15, 0.2) is 23.1 Å². The first kappa shape index (κ1) is 14.7. The maximum absolute atomic E-state index is 12.2. The fourth-order valence-electron chi connectivity index (χ4n) is 1.35. The Morgan fingerprint density at radius 2 is 2.00 bits per heavy atom. The summed E-state index contributed by atoms with van der Waals surface area (Å²) in [5.41, 5.74) is 0.824. The maximum atomic E-state index is 12.2. The van der Waals surface area contributed by atoms with E-state index in [4.69, 9.17) is 0 Å². The van der Waals surface area contributed by atoms with E-state index in [1.165, 1.54) is 19.1 Å². The SMILES string of the molecule is CC(=O)Nc1ccc(C)c(S(=O)CC(F)(F)F)c1. The molecule has 0 aliphatic carbocycles. The molecule has 0 bridgehead atoms. The number of hydrogen-bond acceptors (Lipinski definition) is 2. The van der Waals surface area contributed by atoms with E-state index < -0.39 is 22.7 Å². The van der Waals surface area contributed by atoms with E-state index in [2.05, 4.69) is 5.32 Å². The van der Waals surface area contributed by atoms with Gasteiger partial charge in [-0.3, -0.25) is 9.00 Å². The zero-order chi connectivity index (χ0) is 13.9. The lowest BCUT2D eigenvalue weighted by Gasteiger charge is -2.10. The highest BCUT2D eigenvalue weighted by Gasteiger charge is 2.31. The second kappa shape index (κ2) is 5.51. The molecule has 0 aromatic heterocycles. The van der Waals surface area contributed by atoms with Crippen LogP contribution in [-0.2, 0) is 15.6 Å². The molecule has 0 radical (unpaired) electrons. The summed E-state index contributed by atoms with van der Waals surface area (Å²) < 4.78 is 48.1. The standard InChI is InChI=1S/C11H12F3NO2S/c1-7-3-4-9(15-8(2)16)5-10(7)18(17)6-11(12,13)14/h3-5H,6H2,1-2H3,(H,15,16). The van der Waals surface area contributed by atoms with Crippen LogP contribution in [0.25, 0.3) is 0 Å². The lowest BCUT2D eigenvalue weighted by Crippen LogP contribution is -2.19. The number of hydrogen-bond donors (Lipinski definition) is 1. The lowest BCUT2D eigenvalue weighted by molar-refractivity contribution is -0.114. The van der Waals surface area contributed by atoms with Crippen molar-refractivity contribution in [2.75, 3.05) is 11.1 Å². The van der Waals surface area contributed by atoms with Crippen LogP contribution >= 0.6 is 0 Å². The number of amides is 1. The summed E-state index contributed by atoms with van der Waals surface area (Å²) in [6, 6.07) is 4.37. The Balaban J connectivity index is 3.00. The molecule has 100 valence electrons. The Morgan fingerprint density at radius 3 is 2.50 bits per heavy atom. The van der Waals surface area contributed by atoms with Crippen LogP contribution in [0.3, 0.4) is 0 Å². The molecule has 3 nitrogen and oxygen atoms in total. The second-order valence-electron chi connectivity index (χ2n) is 3.77. The van der Waals surface area contributed by atoms with Crippen LogP contribution < -0.4 is 5.32 Å². The van der Waals surface area contributed by atoms with Crippen molar-refractivity contribution in [1.82, 2.24) is 0 Å². The minimum Gasteiger partial charge on any atom is -0.326 e. The Kier molecular flexibility index (Phi) is 4.50. The summed E-state index contributed by atoms with van der Waals surface area (Å²) in [7, 11) is -2.17. The molecule has 0 fully saturated rings. The average Bonchev–Trinajstić information content (AvgIpc) is 2.17. The van der Waals surface area contributed by atoms with Crippen molar-refractivity contribution in [3.8, 4) is 0 Å². The Labute approximate surface area is 105 Å². The molecule has 0 saturated carbocycles. The molecular formula is C11H12F3NO2S. The first-order chi connectivity index (χ1) is 8.19. The monoisotopic (exact) mass is 279 g/mol. The molecule has 0 aliphatic heterocycles. The molecule has 1 amide bonds. The highest BCUT2D eigenvalue weighted by Crippen LogP contribution is 2.24. The molecule has 1 aromatic rings. The number of carbonyl (C=O) groups excluding carboxylic acids is 1. The third-order valence-corrected chi connectivity index (χ3v) is 3.57. The van der Waals surface area contributed by atoms with E-state index in [1.54, 1.807) is 13.0 Å². The van der Waals surface area contributed by atoms with Gasteiger partial charge in [-0.05, 0) is 24.6 Å². The number of carbonyl (C=O) groups is 1. The molecule has 7 heteroatoms. The van der Waals surface area contributed by atoms with Crippen LogP contribution in [0.4, 0.5) is 18.9 Å². The molecular weight excluding hydrogens is 267 g/mol. The molecule has 0 heterocycles. The van der Waals surface area contributed by atoms with Gasteiger partial charge in [-0.15, -0.1) is 0 Å². The Morgan fingerprint density at radius 1 is 1.39 bits per heavy atom. The zero-order valence-corrected chi connectivity index (χ0v) is 10.6. The fourth-order valence-corrected chi connectivity index (χ4v) is 2.49. The highest BCUT2D eigenvalue weighted by atomic mass is 32.2. The predicted molar refractivity (Wildman–Crippen MR) is 62.8 cm³/mol. The molecule has 0 spiro atoms. The van der Waals surface area contributed by atoms with Gasteiger partial charge in [0.1, 0.15) is 5.75 Å². The third kappa shape index (κ3) is 4.48. The van der Waals surface area contributed by atoms with Gasteiger partial charge in [-0.25, -0.2) is 0 Å². The highest BCUT2D eigenvalue weighted by molar-refractivity contribution is 7.85. The number of aryl methyl sites for hydroxylation is 1. The van der Waals surface area contributed by atoms with Crippen LogP contribution in [0, 0.1) is 6.92 Å². The van der Waals surface area contributed by atoms with Gasteiger partial charge < -0.3 is 5.32 Å². The predicted octanol–water partition coefficient (Wildman–Crippen LogP) is 2.62. The first-order valence-electron chi connectivity index (χ1n) is 5.02. The van der Waals surface area contributed by atoms with Crippen molar-refractivity contribution in [1.29, 1.82) is 0 Å². The maximum Gasteiger partial charge on any atom is 0.400 e. The van der Waals surface area contributed by atoms with Gasteiger partial charge >= 0.3 is 6.18 Å². The molecule has 0 aliphatic rings. The van der Waals surface area contributed by atoms with E-state index in [0.29, 0.717) is 11.3 Å². The minimum absolute atomic E-state index is 0.0820.